The van der Waals surface area contributed by atoms with E-state index in [2.05, 4.69) is 17.9 Å². The summed E-state index contributed by atoms with van der Waals surface area (Å²) >= 11 is 0. The van der Waals surface area contributed by atoms with Crippen LogP contribution in [-0.2, 0) is 4.74 Å². The molecule has 0 aromatic heterocycles. The molecule has 0 saturated carbocycles. The molecule has 0 amide bonds. The van der Waals surface area contributed by atoms with Crippen molar-refractivity contribution < 1.29 is 4.74 Å². The van der Waals surface area contributed by atoms with Crippen LogP contribution in [0.2, 0.25) is 0 Å². The second kappa shape index (κ2) is 6.80. The second-order valence-corrected chi connectivity index (χ2v) is 3.82. The van der Waals surface area contributed by atoms with Crippen molar-refractivity contribution in [3.8, 4) is 6.07 Å². The van der Waals surface area contributed by atoms with Crippen LogP contribution in [0.1, 0.15) is 32.6 Å². The Kier molecular flexibility index (Phi) is 5.58. The predicted molar refractivity (Wildman–Crippen MR) is 55.9 cm³/mol. The Morgan fingerprint density at radius 3 is 3.14 bits per heavy atom. The molecular weight excluding hydrogens is 176 g/mol. The van der Waals surface area contributed by atoms with Crippen LogP contribution in [0.5, 0.6) is 0 Å². The topological polar surface area (TPSA) is 36.3 Å². The maximum absolute atomic E-state index is 8.52. The number of hydrogen-bond donors (Lipinski definition) is 0. The molecule has 14 heavy (non-hydrogen) atoms. The SMILES string of the molecule is CCCOCC1CCCN1CCC#N. The fourth-order valence-corrected chi connectivity index (χ4v) is 1.94. The highest BCUT2D eigenvalue weighted by Gasteiger charge is 2.23. The number of nitrogens with zero attached hydrogens (tertiary/aromatic N) is 2. The zero-order valence-corrected chi connectivity index (χ0v) is 9.04. The zero-order valence-electron chi connectivity index (χ0n) is 9.04. The van der Waals surface area contributed by atoms with E-state index in [1.807, 2.05) is 0 Å². The molecule has 1 fully saturated rings. The van der Waals surface area contributed by atoms with Gasteiger partial charge in [-0.3, -0.25) is 4.90 Å². The highest BCUT2D eigenvalue weighted by atomic mass is 16.5. The molecule has 1 aliphatic rings. The van der Waals surface area contributed by atoms with Crippen molar-refractivity contribution in [2.75, 3.05) is 26.3 Å². The fraction of sp³-hybridized carbons (Fsp3) is 0.909. The zero-order chi connectivity index (χ0) is 10.2. The summed E-state index contributed by atoms with van der Waals surface area (Å²) in [6.45, 7) is 5.89. The molecule has 0 radical (unpaired) electrons. The van der Waals surface area contributed by atoms with Crippen LogP contribution < -0.4 is 0 Å². The van der Waals surface area contributed by atoms with Crippen LogP contribution in [0.4, 0.5) is 0 Å². The van der Waals surface area contributed by atoms with E-state index in [1.54, 1.807) is 0 Å². The van der Waals surface area contributed by atoms with E-state index in [0.717, 1.165) is 32.7 Å². The Bertz CT molecular complexity index is 188. The Hall–Kier alpha value is -0.590. The average Bonchev–Trinajstić information content (AvgIpc) is 2.63. The lowest BCUT2D eigenvalue weighted by atomic mass is 10.2. The van der Waals surface area contributed by atoms with E-state index in [0.29, 0.717) is 12.5 Å². The Morgan fingerprint density at radius 1 is 1.57 bits per heavy atom. The van der Waals surface area contributed by atoms with Gasteiger partial charge in [0.1, 0.15) is 0 Å². The molecule has 0 spiro atoms. The lowest BCUT2D eigenvalue weighted by Crippen LogP contribution is -2.33. The summed E-state index contributed by atoms with van der Waals surface area (Å²) in [4.78, 5) is 2.39. The summed E-state index contributed by atoms with van der Waals surface area (Å²) < 4.78 is 5.55. The first kappa shape index (κ1) is 11.5. The van der Waals surface area contributed by atoms with Crippen LogP contribution >= 0.6 is 0 Å². The third-order valence-electron chi connectivity index (χ3n) is 2.67. The molecule has 1 unspecified atom stereocenters. The Morgan fingerprint density at radius 2 is 2.43 bits per heavy atom. The molecular formula is C11H20N2O. The molecule has 0 aliphatic carbocycles. The number of ether oxygens (including phenoxy) is 1. The first-order valence-corrected chi connectivity index (χ1v) is 5.57. The van der Waals surface area contributed by atoms with Crippen molar-refractivity contribution in [3.63, 3.8) is 0 Å². The van der Waals surface area contributed by atoms with Gasteiger partial charge in [0, 0.05) is 25.6 Å². The van der Waals surface area contributed by atoms with E-state index in [4.69, 9.17) is 10.00 Å². The van der Waals surface area contributed by atoms with Gasteiger partial charge in [-0.2, -0.15) is 5.26 Å². The summed E-state index contributed by atoms with van der Waals surface area (Å²) in [5.41, 5.74) is 0. The molecule has 80 valence electrons. The van der Waals surface area contributed by atoms with Crippen molar-refractivity contribution in [1.82, 2.24) is 4.90 Å². The summed E-state index contributed by atoms with van der Waals surface area (Å²) in [6, 6.07) is 2.76. The predicted octanol–water partition coefficient (Wildman–Crippen LogP) is 1.79. The monoisotopic (exact) mass is 196 g/mol. The van der Waals surface area contributed by atoms with Crippen molar-refractivity contribution in [3.05, 3.63) is 0 Å². The number of nitriles is 1. The smallest absolute Gasteiger partial charge is 0.0635 e. The minimum Gasteiger partial charge on any atom is -0.380 e. The molecule has 3 nitrogen and oxygen atoms in total. The molecule has 0 N–H and O–H groups in total. The van der Waals surface area contributed by atoms with Gasteiger partial charge in [0.25, 0.3) is 0 Å². The maximum atomic E-state index is 8.52. The van der Waals surface area contributed by atoms with Gasteiger partial charge >= 0.3 is 0 Å². The quantitative estimate of drug-likeness (QED) is 0.608. The van der Waals surface area contributed by atoms with Crippen molar-refractivity contribution in [2.24, 2.45) is 0 Å². The lowest BCUT2D eigenvalue weighted by molar-refractivity contribution is 0.0782. The summed E-state index contributed by atoms with van der Waals surface area (Å²) in [5.74, 6) is 0. The van der Waals surface area contributed by atoms with E-state index < -0.39 is 0 Å². The maximum Gasteiger partial charge on any atom is 0.0635 e. The van der Waals surface area contributed by atoms with Crippen LogP contribution in [0.25, 0.3) is 0 Å². The molecule has 1 rings (SSSR count). The van der Waals surface area contributed by atoms with E-state index >= 15 is 0 Å². The van der Waals surface area contributed by atoms with Crippen molar-refractivity contribution >= 4 is 0 Å². The molecule has 1 heterocycles. The van der Waals surface area contributed by atoms with Crippen LogP contribution in [0.3, 0.4) is 0 Å². The summed E-state index contributed by atoms with van der Waals surface area (Å²) in [5, 5.41) is 8.52. The minimum absolute atomic E-state index is 0.565. The van der Waals surface area contributed by atoms with Gasteiger partial charge in [-0.1, -0.05) is 6.92 Å². The second-order valence-electron chi connectivity index (χ2n) is 3.82. The van der Waals surface area contributed by atoms with Gasteiger partial charge < -0.3 is 4.74 Å². The molecule has 0 aromatic rings. The summed E-state index contributed by atoms with van der Waals surface area (Å²) in [6.07, 6.45) is 4.22. The first-order chi connectivity index (χ1) is 6.88. The molecule has 0 aromatic carbocycles. The molecule has 0 bridgehead atoms. The van der Waals surface area contributed by atoms with Gasteiger partial charge in [0.15, 0.2) is 0 Å². The highest BCUT2D eigenvalue weighted by Crippen LogP contribution is 2.17. The fourth-order valence-electron chi connectivity index (χ4n) is 1.94. The van der Waals surface area contributed by atoms with E-state index in [-0.39, 0.29) is 0 Å². The minimum atomic E-state index is 0.565. The number of likely N-dealkylation sites (tertiary alicyclic amines) is 1. The number of rotatable bonds is 6. The van der Waals surface area contributed by atoms with E-state index in [1.165, 1.54) is 12.8 Å². The molecule has 1 aliphatic heterocycles. The van der Waals surface area contributed by atoms with Crippen LogP contribution in [-0.4, -0.2) is 37.2 Å². The van der Waals surface area contributed by atoms with Gasteiger partial charge in [0.2, 0.25) is 0 Å². The summed E-state index contributed by atoms with van der Waals surface area (Å²) in [7, 11) is 0. The van der Waals surface area contributed by atoms with Crippen molar-refractivity contribution in [2.45, 2.75) is 38.6 Å². The third kappa shape index (κ3) is 3.65. The Balaban J connectivity index is 2.18. The van der Waals surface area contributed by atoms with Gasteiger partial charge in [0.05, 0.1) is 12.7 Å². The standard InChI is InChI=1S/C11H20N2O/c1-2-9-14-10-11-5-3-7-13(11)8-4-6-12/h11H,2-5,7-10H2,1H3. The molecule has 3 heteroatoms. The number of hydrogen-bond acceptors (Lipinski definition) is 3. The van der Waals surface area contributed by atoms with Crippen LogP contribution in [0.15, 0.2) is 0 Å². The molecule has 1 saturated heterocycles. The first-order valence-electron chi connectivity index (χ1n) is 5.57. The highest BCUT2D eigenvalue weighted by molar-refractivity contribution is 4.82. The average molecular weight is 196 g/mol. The third-order valence-corrected chi connectivity index (χ3v) is 2.67. The van der Waals surface area contributed by atoms with Crippen molar-refractivity contribution in [1.29, 1.82) is 5.26 Å². The largest absolute Gasteiger partial charge is 0.380 e. The molecule has 1 atom stereocenters. The van der Waals surface area contributed by atoms with Gasteiger partial charge in [-0.25, -0.2) is 0 Å². The van der Waals surface area contributed by atoms with E-state index in [9.17, 15) is 0 Å². The normalized spacial score (nSPS) is 22.4. The van der Waals surface area contributed by atoms with Gasteiger partial charge in [-0.05, 0) is 25.8 Å². The Labute approximate surface area is 86.6 Å². The van der Waals surface area contributed by atoms with Gasteiger partial charge in [-0.15, -0.1) is 0 Å². The van der Waals surface area contributed by atoms with Crippen LogP contribution in [0, 0.1) is 11.3 Å². The lowest BCUT2D eigenvalue weighted by Gasteiger charge is -2.22.